The Balaban J connectivity index is 2.01. The minimum Gasteiger partial charge on any atom is -0.508 e. The van der Waals surface area contributed by atoms with Crippen molar-refractivity contribution in [1.82, 2.24) is 5.32 Å². The quantitative estimate of drug-likeness (QED) is 0.645. The fourth-order valence-corrected chi connectivity index (χ4v) is 1.73. The number of phenols is 1. The number of hydrogen-bond acceptors (Lipinski definition) is 4. The Morgan fingerprint density at radius 1 is 1.24 bits per heavy atom. The molecule has 0 bridgehead atoms. The van der Waals surface area contributed by atoms with Gasteiger partial charge in [0, 0.05) is 0 Å². The molecule has 2 aromatic rings. The number of rotatable bonds is 4. The molecule has 7 nitrogen and oxygen atoms in total. The van der Waals surface area contributed by atoms with Gasteiger partial charge in [0.2, 0.25) is 0 Å². The highest BCUT2D eigenvalue weighted by atomic mass is 16.4. The number of anilines is 1. The van der Waals surface area contributed by atoms with E-state index in [-0.39, 0.29) is 23.5 Å². The van der Waals surface area contributed by atoms with Gasteiger partial charge in [-0.05, 0) is 37.3 Å². The second kappa shape index (κ2) is 6.00. The molecule has 1 aromatic carbocycles. The Bertz CT molecular complexity index is 678. The van der Waals surface area contributed by atoms with Gasteiger partial charge in [-0.1, -0.05) is 0 Å². The van der Waals surface area contributed by atoms with Gasteiger partial charge in [-0.3, -0.25) is 0 Å². The Morgan fingerprint density at radius 3 is 2.62 bits per heavy atom. The minimum atomic E-state index is -1.25. The predicted molar refractivity (Wildman–Crippen MR) is 74.4 cm³/mol. The van der Waals surface area contributed by atoms with Gasteiger partial charge >= 0.3 is 12.0 Å². The third-order valence-electron chi connectivity index (χ3n) is 2.70. The van der Waals surface area contributed by atoms with Crippen LogP contribution < -0.4 is 10.6 Å². The standard InChI is InChI=1S/C14H14N2O5/c1-8-2-4-10(21-8)7-15-14(20)16-12-5-3-9(17)6-11(12)13(18)19/h2-6,17H,7H2,1H3,(H,18,19)(H2,15,16,20). The Labute approximate surface area is 120 Å². The lowest BCUT2D eigenvalue weighted by atomic mass is 10.1. The molecule has 0 fully saturated rings. The van der Waals surface area contributed by atoms with E-state index in [1.807, 2.05) is 0 Å². The summed E-state index contributed by atoms with van der Waals surface area (Å²) in [5.41, 5.74) is -0.104. The SMILES string of the molecule is Cc1ccc(CNC(=O)Nc2ccc(O)cc2C(=O)O)o1. The molecule has 2 amide bonds. The van der Waals surface area contributed by atoms with Crippen LogP contribution in [0.2, 0.25) is 0 Å². The van der Waals surface area contributed by atoms with Crippen LogP contribution >= 0.6 is 0 Å². The summed E-state index contributed by atoms with van der Waals surface area (Å²) in [6.45, 7) is 1.97. The van der Waals surface area contributed by atoms with Gasteiger partial charge in [0.1, 0.15) is 17.3 Å². The molecule has 0 unspecified atom stereocenters. The van der Waals surface area contributed by atoms with Gasteiger partial charge in [0.15, 0.2) is 0 Å². The van der Waals surface area contributed by atoms with Crippen molar-refractivity contribution in [3.05, 3.63) is 47.4 Å². The van der Waals surface area contributed by atoms with Crippen molar-refractivity contribution >= 4 is 17.7 Å². The summed E-state index contributed by atoms with van der Waals surface area (Å²) in [4.78, 5) is 22.8. The summed E-state index contributed by atoms with van der Waals surface area (Å²) < 4.78 is 5.29. The molecule has 0 aliphatic heterocycles. The molecule has 0 radical (unpaired) electrons. The molecule has 0 aliphatic carbocycles. The number of aryl methyl sites for hydroxylation is 1. The van der Waals surface area contributed by atoms with Gasteiger partial charge in [-0.15, -0.1) is 0 Å². The summed E-state index contributed by atoms with van der Waals surface area (Å²) in [7, 11) is 0. The normalized spacial score (nSPS) is 10.1. The van der Waals surface area contributed by atoms with Crippen molar-refractivity contribution in [2.45, 2.75) is 13.5 Å². The minimum absolute atomic E-state index is 0.0911. The monoisotopic (exact) mass is 290 g/mol. The molecule has 110 valence electrons. The number of benzene rings is 1. The number of carbonyl (C=O) groups excluding carboxylic acids is 1. The second-order valence-electron chi connectivity index (χ2n) is 4.36. The summed E-state index contributed by atoms with van der Waals surface area (Å²) >= 11 is 0. The van der Waals surface area contributed by atoms with Gasteiger partial charge in [-0.25, -0.2) is 9.59 Å². The highest BCUT2D eigenvalue weighted by Crippen LogP contribution is 2.21. The van der Waals surface area contributed by atoms with E-state index < -0.39 is 12.0 Å². The first-order valence-electron chi connectivity index (χ1n) is 6.12. The molecular weight excluding hydrogens is 276 g/mol. The molecule has 7 heteroatoms. The molecule has 4 N–H and O–H groups in total. The maximum absolute atomic E-state index is 11.7. The van der Waals surface area contributed by atoms with Crippen LogP contribution in [0.3, 0.4) is 0 Å². The molecule has 0 saturated heterocycles. The highest BCUT2D eigenvalue weighted by Gasteiger charge is 2.13. The number of hydrogen-bond donors (Lipinski definition) is 4. The summed E-state index contributed by atoms with van der Waals surface area (Å²) in [6.07, 6.45) is 0. The van der Waals surface area contributed by atoms with Gasteiger partial charge in [-0.2, -0.15) is 0 Å². The summed E-state index contributed by atoms with van der Waals surface area (Å²) in [5, 5.41) is 23.2. The highest BCUT2D eigenvalue weighted by molar-refractivity contribution is 6.00. The smallest absolute Gasteiger partial charge is 0.337 e. The van der Waals surface area contributed by atoms with Crippen LogP contribution in [0, 0.1) is 6.92 Å². The van der Waals surface area contributed by atoms with Crippen LogP contribution in [0.5, 0.6) is 5.75 Å². The van der Waals surface area contributed by atoms with Gasteiger partial charge in [0.25, 0.3) is 0 Å². The lowest BCUT2D eigenvalue weighted by Crippen LogP contribution is -2.28. The first-order chi connectivity index (χ1) is 9.95. The average molecular weight is 290 g/mol. The van der Waals surface area contributed by atoms with Crippen molar-refractivity contribution in [2.75, 3.05) is 5.32 Å². The van der Waals surface area contributed by atoms with E-state index in [1.54, 1.807) is 19.1 Å². The topological polar surface area (TPSA) is 112 Å². The van der Waals surface area contributed by atoms with E-state index in [9.17, 15) is 14.7 Å². The van der Waals surface area contributed by atoms with Crippen molar-refractivity contribution in [3.63, 3.8) is 0 Å². The van der Waals surface area contributed by atoms with Crippen LogP contribution in [0.15, 0.2) is 34.7 Å². The number of aromatic carboxylic acids is 1. The zero-order chi connectivity index (χ0) is 15.4. The molecule has 21 heavy (non-hydrogen) atoms. The predicted octanol–water partition coefficient (Wildman–Crippen LogP) is 2.31. The van der Waals surface area contributed by atoms with E-state index in [2.05, 4.69) is 10.6 Å². The van der Waals surface area contributed by atoms with Gasteiger partial charge in [0.05, 0.1) is 17.8 Å². The maximum Gasteiger partial charge on any atom is 0.337 e. The number of nitrogens with one attached hydrogen (secondary N) is 2. The van der Waals surface area contributed by atoms with E-state index in [4.69, 9.17) is 9.52 Å². The molecule has 0 atom stereocenters. The van der Waals surface area contributed by atoms with Crippen LogP contribution in [-0.4, -0.2) is 22.2 Å². The third-order valence-corrected chi connectivity index (χ3v) is 2.70. The van der Waals surface area contributed by atoms with E-state index in [0.29, 0.717) is 5.76 Å². The lowest BCUT2D eigenvalue weighted by molar-refractivity contribution is 0.0697. The van der Waals surface area contributed by atoms with Crippen molar-refractivity contribution in [3.8, 4) is 5.75 Å². The molecule has 1 aromatic heterocycles. The largest absolute Gasteiger partial charge is 0.508 e. The second-order valence-corrected chi connectivity index (χ2v) is 4.36. The van der Waals surface area contributed by atoms with Crippen LogP contribution in [0.4, 0.5) is 10.5 Å². The summed E-state index contributed by atoms with van der Waals surface area (Å²) in [6, 6.07) is 6.61. The van der Waals surface area contributed by atoms with Crippen molar-refractivity contribution in [1.29, 1.82) is 0 Å². The maximum atomic E-state index is 11.7. The first-order valence-corrected chi connectivity index (χ1v) is 6.12. The fourth-order valence-electron chi connectivity index (χ4n) is 1.73. The number of aromatic hydroxyl groups is 1. The van der Waals surface area contributed by atoms with Crippen LogP contribution in [0.1, 0.15) is 21.9 Å². The Hall–Kier alpha value is -2.96. The average Bonchev–Trinajstić information content (AvgIpc) is 2.84. The Morgan fingerprint density at radius 2 is 2.00 bits per heavy atom. The number of carboxylic acid groups (broad SMARTS) is 1. The fraction of sp³-hybridized carbons (Fsp3) is 0.143. The number of furan rings is 1. The molecule has 1 heterocycles. The van der Waals surface area contributed by atoms with Crippen LogP contribution in [0.25, 0.3) is 0 Å². The number of carboxylic acids is 1. The molecule has 2 rings (SSSR count). The number of amides is 2. The molecule has 0 saturated carbocycles. The molecule has 0 spiro atoms. The first kappa shape index (κ1) is 14.4. The zero-order valence-corrected chi connectivity index (χ0v) is 11.2. The number of phenolic OH excluding ortho intramolecular Hbond substituents is 1. The molecular formula is C14H14N2O5. The summed E-state index contributed by atoms with van der Waals surface area (Å²) in [5.74, 6) is -0.113. The zero-order valence-electron chi connectivity index (χ0n) is 11.2. The van der Waals surface area contributed by atoms with E-state index in [1.165, 1.54) is 12.1 Å². The number of urea groups is 1. The molecule has 0 aliphatic rings. The van der Waals surface area contributed by atoms with Crippen molar-refractivity contribution < 1.29 is 24.2 Å². The lowest BCUT2D eigenvalue weighted by Gasteiger charge is -2.09. The third kappa shape index (κ3) is 3.75. The Kier molecular flexibility index (Phi) is 4.13. The van der Waals surface area contributed by atoms with E-state index >= 15 is 0 Å². The van der Waals surface area contributed by atoms with Gasteiger partial charge < -0.3 is 25.3 Å². The number of carbonyl (C=O) groups is 2. The van der Waals surface area contributed by atoms with E-state index in [0.717, 1.165) is 11.8 Å². The van der Waals surface area contributed by atoms with Crippen molar-refractivity contribution in [2.24, 2.45) is 0 Å². The van der Waals surface area contributed by atoms with Crippen LogP contribution in [-0.2, 0) is 6.54 Å².